The standard InChI is InChI=1S/C21H18ClNO3.C16H15ClO4.C13H18BNO4/c1-25-20-9-7-14(11-18(20)16-4-3-5-17(22)12-16)10-15-6-8-19(23-13-15)21(24)26-2;1-19-15-7-6-11(10-21-16(18)20-2)8-14(15)12-4-3-5-13(17)9-12;1-12(2)13(3,4)19-14(18-12)9-6-7-10(15-8-9)11(16)17-5/h3-9,11-13H,10H2,1-2H3;3-9H,10H2,1-2H3;6-8H,1-5H3. The largest absolute Gasteiger partial charge is 0.508 e. The van der Waals surface area contributed by atoms with Crippen LogP contribution < -0.4 is 14.9 Å². The Kier molecular flexibility index (Phi) is 17.7. The Morgan fingerprint density at radius 1 is 0.576 bits per heavy atom. The number of methoxy groups -OCH3 is 5. The van der Waals surface area contributed by atoms with Gasteiger partial charge in [0, 0.05) is 39.0 Å². The van der Waals surface area contributed by atoms with Crippen molar-refractivity contribution in [3.8, 4) is 33.8 Å². The lowest BCUT2D eigenvalue weighted by molar-refractivity contribution is 0.00578. The minimum absolute atomic E-state index is 0.129. The van der Waals surface area contributed by atoms with Gasteiger partial charge in [-0.3, -0.25) is 0 Å². The van der Waals surface area contributed by atoms with E-state index >= 15 is 0 Å². The van der Waals surface area contributed by atoms with Crippen LogP contribution in [0.5, 0.6) is 11.5 Å². The fourth-order valence-corrected chi connectivity index (χ4v) is 6.79. The average molecular weight is 938 g/mol. The summed E-state index contributed by atoms with van der Waals surface area (Å²) in [7, 11) is 6.73. The Morgan fingerprint density at radius 3 is 1.50 bits per heavy atom. The van der Waals surface area contributed by atoms with Crippen LogP contribution in [0.25, 0.3) is 22.3 Å². The highest BCUT2D eigenvalue weighted by molar-refractivity contribution is 6.62. The lowest BCUT2D eigenvalue weighted by atomic mass is 9.80. The summed E-state index contributed by atoms with van der Waals surface area (Å²) in [6.07, 6.45) is 3.24. The molecule has 6 aromatic rings. The summed E-state index contributed by atoms with van der Waals surface area (Å²) in [4.78, 5) is 42.0. The van der Waals surface area contributed by atoms with Gasteiger partial charge in [-0.05, 0) is 123 Å². The van der Waals surface area contributed by atoms with Crippen molar-refractivity contribution < 1.29 is 52.1 Å². The molecule has 344 valence electrons. The smallest absolute Gasteiger partial charge is 0.496 e. The highest BCUT2D eigenvalue weighted by Gasteiger charge is 2.51. The van der Waals surface area contributed by atoms with E-state index in [9.17, 15) is 14.4 Å². The lowest BCUT2D eigenvalue weighted by Crippen LogP contribution is -2.41. The molecule has 13 nitrogen and oxygen atoms in total. The van der Waals surface area contributed by atoms with Crippen LogP contribution in [-0.4, -0.2) is 81.9 Å². The molecule has 0 amide bonds. The zero-order valence-corrected chi connectivity index (χ0v) is 39.7. The van der Waals surface area contributed by atoms with Gasteiger partial charge in [0.15, 0.2) is 0 Å². The second-order valence-electron chi connectivity index (χ2n) is 15.6. The second-order valence-corrected chi connectivity index (χ2v) is 16.5. The molecule has 0 bridgehead atoms. The molecule has 1 aliphatic rings. The summed E-state index contributed by atoms with van der Waals surface area (Å²) in [5.74, 6) is 0.610. The number of ether oxygens (including phenoxy) is 6. The predicted octanol–water partition coefficient (Wildman–Crippen LogP) is 10.3. The van der Waals surface area contributed by atoms with Crippen molar-refractivity contribution >= 4 is 53.9 Å². The molecule has 2 aromatic heterocycles. The summed E-state index contributed by atoms with van der Waals surface area (Å²) >= 11 is 12.2. The number of benzene rings is 4. The number of halogens is 2. The molecule has 0 spiro atoms. The minimum atomic E-state index is -0.713. The van der Waals surface area contributed by atoms with Crippen LogP contribution in [0, 0.1) is 0 Å². The van der Waals surface area contributed by atoms with E-state index in [0.29, 0.717) is 22.2 Å². The SMILES string of the molecule is COC(=O)OCc1ccc(OC)c(-c2cccc(Cl)c2)c1.COC(=O)c1ccc(B2OC(C)(C)C(C)(C)O2)cn1.COC(=O)c1ccc(Cc2ccc(OC)c(-c3cccc(Cl)c3)c2)cn1. The summed E-state index contributed by atoms with van der Waals surface area (Å²) in [6, 6.07) is 33.6. The molecule has 1 aliphatic heterocycles. The number of hydrogen-bond donors (Lipinski definition) is 0. The number of nitrogens with zero attached hydrogens (tertiary/aromatic N) is 2. The zero-order valence-electron chi connectivity index (χ0n) is 38.2. The van der Waals surface area contributed by atoms with Crippen LogP contribution in [0.3, 0.4) is 0 Å². The molecule has 1 fully saturated rings. The van der Waals surface area contributed by atoms with Crippen LogP contribution in [-0.2, 0) is 41.3 Å². The van der Waals surface area contributed by atoms with Crippen molar-refractivity contribution in [2.24, 2.45) is 0 Å². The molecule has 0 atom stereocenters. The van der Waals surface area contributed by atoms with Crippen LogP contribution in [0.1, 0.15) is 65.4 Å². The summed E-state index contributed by atoms with van der Waals surface area (Å²) < 4.78 is 41.3. The molecule has 0 saturated carbocycles. The number of esters is 2. The average Bonchev–Trinajstić information content (AvgIpc) is 3.55. The fraction of sp³-hybridized carbons (Fsp3) is 0.260. The third-order valence-corrected chi connectivity index (χ3v) is 11.1. The molecule has 16 heteroatoms. The van der Waals surface area contributed by atoms with Gasteiger partial charge in [-0.25, -0.2) is 24.4 Å². The highest BCUT2D eigenvalue weighted by atomic mass is 35.5. The van der Waals surface area contributed by atoms with Gasteiger partial charge in [-0.15, -0.1) is 0 Å². The maximum atomic E-state index is 11.5. The van der Waals surface area contributed by atoms with Crippen molar-refractivity contribution in [2.45, 2.75) is 51.9 Å². The van der Waals surface area contributed by atoms with Crippen molar-refractivity contribution in [3.05, 3.63) is 160 Å². The number of pyridine rings is 2. The summed E-state index contributed by atoms with van der Waals surface area (Å²) in [5.41, 5.74) is 7.29. The molecule has 0 unspecified atom stereocenters. The van der Waals surface area contributed by atoms with E-state index in [4.69, 9.17) is 46.7 Å². The first-order valence-electron chi connectivity index (χ1n) is 20.5. The van der Waals surface area contributed by atoms with E-state index in [-0.39, 0.29) is 12.3 Å². The van der Waals surface area contributed by atoms with Crippen LogP contribution in [0.2, 0.25) is 10.0 Å². The van der Waals surface area contributed by atoms with E-state index in [1.165, 1.54) is 21.3 Å². The van der Waals surface area contributed by atoms with Crippen molar-refractivity contribution in [3.63, 3.8) is 0 Å². The molecule has 66 heavy (non-hydrogen) atoms. The normalized spacial score (nSPS) is 13.2. The molecule has 0 radical (unpaired) electrons. The quantitative estimate of drug-likeness (QED) is 0.0689. The summed E-state index contributed by atoms with van der Waals surface area (Å²) in [5, 5.41) is 1.32. The molecule has 0 aliphatic carbocycles. The van der Waals surface area contributed by atoms with Crippen LogP contribution in [0.4, 0.5) is 4.79 Å². The number of carbonyl (C=O) groups is 3. The van der Waals surface area contributed by atoms with Gasteiger partial charge in [0.25, 0.3) is 0 Å². The first-order chi connectivity index (χ1) is 31.5. The number of carbonyl (C=O) groups excluding carboxylic acids is 3. The predicted molar refractivity (Wildman–Crippen MR) is 254 cm³/mol. The van der Waals surface area contributed by atoms with Gasteiger partial charge in [0.05, 0.1) is 46.8 Å². The van der Waals surface area contributed by atoms with E-state index in [1.807, 2.05) is 113 Å². The molecular weight excluding hydrogens is 886 g/mol. The van der Waals surface area contributed by atoms with Gasteiger partial charge in [-0.1, -0.05) is 71.7 Å². The first-order valence-corrected chi connectivity index (χ1v) is 21.3. The van der Waals surface area contributed by atoms with Gasteiger partial charge < -0.3 is 37.7 Å². The van der Waals surface area contributed by atoms with Crippen LogP contribution >= 0.6 is 23.2 Å². The third kappa shape index (κ3) is 13.3. The Bertz CT molecular complexity index is 2590. The van der Waals surface area contributed by atoms with Gasteiger partial charge in [0.2, 0.25) is 0 Å². The third-order valence-electron chi connectivity index (χ3n) is 10.7. The van der Waals surface area contributed by atoms with Gasteiger partial charge in [0.1, 0.15) is 29.5 Å². The van der Waals surface area contributed by atoms with Gasteiger partial charge in [-0.2, -0.15) is 0 Å². The number of rotatable bonds is 11. The Hall–Kier alpha value is -6.45. The molecule has 0 N–H and O–H groups in total. The molecule has 4 aromatic carbocycles. The highest BCUT2D eigenvalue weighted by Crippen LogP contribution is 2.37. The number of hydrogen-bond acceptors (Lipinski definition) is 13. The van der Waals surface area contributed by atoms with E-state index in [0.717, 1.165) is 55.9 Å². The maximum absolute atomic E-state index is 11.5. The van der Waals surface area contributed by atoms with Crippen molar-refractivity contribution in [1.82, 2.24) is 9.97 Å². The van der Waals surface area contributed by atoms with E-state index < -0.39 is 36.4 Å². The van der Waals surface area contributed by atoms with Gasteiger partial charge >= 0.3 is 25.2 Å². The fourth-order valence-electron chi connectivity index (χ4n) is 6.41. The van der Waals surface area contributed by atoms with Crippen LogP contribution in [0.15, 0.2) is 122 Å². The Balaban J connectivity index is 0.000000188. The topological polar surface area (TPSA) is 151 Å². The molecule has 1 saturated heterocycles. The maximum Gasteiger partial charge on any atom is 0.508 e. The Labute approximate surface area is 395 Å². The van der Waals surface area contributed by atoms with Crippen molar-refractivity contribution in [1.29, 1.82) is 0 Å². The first kappa shape index (κ1) is 50.6. The minimum Gasteiger partial charge on any atom is -0.496 e. The molecule has 3 heterocycles. The monoisotopic (exact) mass is 936 g/mol. The lowest BCUT2D eigenvalue weighted by Gasteiger charge is -2.32. The zero-order chi connectivity index (χ0) is 48.0. The van der Waals surface area contributed by atoms with E-state index in [2.05, 4.69) is 30.2 Å². The van der Waals surface area contributed by atoms with E-state index in [1.54, 1.807) is 44.8 Å². The Morgan fingerprint density at radius 2 is 1.06 bits per heavy atom. The molecule has 7 rings (SSSR count). The number of aromatic nitrogens is 2. The van der Waals surface area contributed by atoms with Crippen molar-refractivity contribution in [2.75, 3.05) is 35.5 Å². The summed E-state index contributed by atoms with van der Waals surface area (Å²) in [6.45, 7) is 8.09. The second kappa shape index (κ2) is 23.1. The molecular formula is C50H51BCl2N2O11.